The number of hydrogen-bond acceptors (Lipinski definition) is 4. The van der Waals surface area contributed by atoms with Crippen LogP contribution in [-0.2, 0) is 0 Å². The second-order valence-electron chi connectivity index (χ2n) is 4.11. The summed E-state index contributed by atoms with van der Waals surface area (Å²) in [6, 6.07) is 11.9. The Hall–Kier alpha value is -1.11. The molecule has 0 aliphatic heterocycles. The number of nitrogens with zero attached hydrogens (tertiary/aromatic N) is 1. The van der Waals surface area contributed by atoms with E-state index in [9.17, 15) is 0 Å². The van der Waals surface area contributed by atoms with Gasteiger partial charge in [-0.15, -0.1) is 0 Å². The van der Waals surface area contributed by atoms with Gasteiger partial charge in [0.15, 0.2) is 5.13 Å². The van der Waals surface area contributed by atoms with Crippen molar-refractivity contribution in [3.05, 3.63) is 45.3 Å². The number of nitrogens with one attached hydrogen (secondary N) is 1. The van der Waals surface area contributed by atoms with Gasteiger partial charge in [-0.3, -0.25) is 0 Å². The molecule has 0 fully saturated rings. The lowest BCUT2D eigenvalue weighted by Crippen LogP contribution is -1.90. The second-order valence-corrected chi connectivity index (χ2v) is 6.91. The van der Waals surface area contributed by atoms with Gasteiger partial charge in [0.25, 0.3) is 0 Å². The first kappa shape index (κ1) is 13.9. The molecule has 3 nitrogen and oxygen atoms in total. The maximum atomic E-state index is 5.22. The van der Waals surface area contributed by atoms with Crippen molar-refractivity contribution in [2.45, 2.75) is 0 Å². The molecule has 1 aromatic heterocycles. The van der Waals surface area contributed by atoms with E-state index in [-0.39, 0.29) is 0 Å². The predicted molar refractivity (Wildman–Crippen MR) is 91.3 cm³/mol. The summed E-state index contributed by atoms with van der Waals surface area (Å²) in [5.74, 6) is 0.809. The van der Waals surface area contributed by atoms with E-state index in [4.69, 9.17) is 4.74 Å². The highest BCUT2D eigenvalue weighted by Crippen LogP contribution is 2.33. The Kier molecular flexibility index (Phi) is 3.96. The van der Waals surface area contributed by atoms with Gasteiger partial charge in [0.05, 0.1) is 21.8 Å². The third kappa shape index (κ3) is 2.82. The fraction of sp³-hybridized carbons (Fsp3) is 0.0714. The summed E-state index contributed by atoms with van der Waals surface area (Å²) < 4.78 is 8.34. The highest BCUT2D eigenvalue weighted by atomic mass is 79.9. The van der Waals surface area contributed by atoms with Gasteiger partial charge in [0.1, 0.15) is 5.75 Å². The molecule has 0 bridgehead atoms. The number of halogens is 2. The molecule has 0 saturated carbocycles. The van der Waals surface area contributed by atoms with Crippen molar-refractivity contribution in [2.75, 3.05) is 12.4 Å². The van der Waals surface area contributed by atoms with Crippen LogP contribution in [0.25, 0.3) is 10.2 Å². The minimum absolute atomic E-state index is 0.809. The van der Waals surface area contributed by atoms with Crippen LogP contribution in [0.1, 0.15) is 0 Å². The van der Waals surface area contributed by atoms with E-state index in [1.165, 1.54) is 0 Å². The van der Waals surface area contributed by atoms with Crippen LogP contribution in [0.3, 0.4) is 0 Å². The van der Waals surface area contributed by atoms with Crippen LogP contribution in [0.4, 0.5) is 10.8 Å². The van der Waals surface area contributed by atoms with E-state index in [0.717, 1.165) is 35.7 Å². The Labute approximate surface area is 137 Å². The first-order chi connectivity index (χ1) is 9.65. The largest absolute Gasteiger partial charge is 0.496 e. The van der Waals surface area contributed by atoms with Crippen LogP contribution in [0.2, 0.25) is 0 Å². The zero-order chi connectivity index (χ0) is 14.1. The van der Waals surface area contributed by atoms with Crippen LogP contribution in [0.15, 0.2) is 45.3 Å². The first-order valence-electron chi connectivity index (χ1n) is 5.82. The molecule has 0 saturated heterocycles. The van der Waals surface area contributed by atoms with E-state index in [1.54, 1.807) is 18.4 Å². The Balaban J connectivity index is 1.90. The SMILES string of the molecule is COc1ccc(Nc2nc3ccc(Br)cc3s2)cc1Br. The lowest BCUT2D eigenvalue weighted by atomic mass is 10.3. The molecule has 1 N–H and O–H groups in total. The van der Waals surface area contributed by atoms with Crippen LogP contribution in [-0.4, -0.2) is 12.1 Å². The van der Waals surface area contributed by atoms with Gasteiger partial charge in [-0.1, -0.05) is 27.3 Å². The van der Waals surface area contributed by atoms with Crippen LogP contribution in [0.5, 0.6) is 5.75 Å². The quantitative estimate of drug-likeness (QED) is 0.609. The fourth-order valence-electron chi connectivity index (χ4n) is 1.82. The lowest BCUT2D eigenvalue weighted by Gasteiger charge is -2.06. The fourth-order valence-corrected chi connectivity index (χ4v) is 3.80. The monoisotopic (exact) mass is 412 g/mol. The average Bonchev–Trinajstić information content (AvgIpc) is 2.80. The van der Waals surface area contributed by atoms with Crippen LogP contribution < -0.4 is 10.1 Å². The molecular weight excluding hydrogens is 404 g/mol. The van der Waals surface area contributed by atoms with Crippen LogP contribution in [0, 0.1) is 0 Å². The molecule has 20 heavy (non-hydrogen) atoms. The molecule has 0 unspecified atom stereocenters. The Morgan fingerprint density at radius 2 is 2.00 bits per heavy atom. The van der Waals surface area contributed by atoms with Gasteiger partial charge in [0.2, 0.25) is 0 Å². The van der Waals surface area contributed by atoms with Crippen molar-refractivity contribution in [1.82, 2.24) is 4.98 Å². The molecule has 3 rings (SSSR count). The van der Waals surface area contributed by atoms with E-state index in [0.29, 0.717) is 0 Å². The highest BCUT2D eigenvalue weighted by molar-refractivity contribution is 9.10. The smallest absolute Gasteiger partial charge is 0.188 e. The Bertz CT molecular complexity index is 773. The average molecular weight is 414 g/mol. The molecule has 1 heterocycles. The summed E-state index contributed by atoms with van der Waals surface area (Å²) >= 11 is 8.57. The molecule has 6 heteroatoms. The zero-order valence-electron chi connectivity index (χ0n) is 10.5. The Morgan fingerprint density at radius 3 is 2.75 bits per heavy atom. The van der Waals surface area contributed by atoms with Gasteiger partial charge in [-0.05, 0) is 52.3 Å². The summed E-state index contributed by atoms with van der Waals surface area (Å²) in [6.07, 6.45) is 0. The topological polar surface area (TPSA) is 34.1 Å². The summed E-state index contributed by atoms with van der Waals surface area (Å²) in [5, 5.41) is 4.18. The van der Waals surface area contributed by atoms with E-state index >= 15 is 0 Å². The van der Waals surface area contributed by atoms with E-state index in [2.05, 4.69) is 48.2 Å². The number of aromatic nitrogens is 1. The van der Waals surface area contributed by atoms with Crippen molar-refractivity contribution in [3.8, 4) is 5.75 Å². The molecule has 3 aromatic rings. The number of methoxy groups -OCH3 is 1. The van der Waals surface area contributed by atoms with Gasteiger partial charge >= 0.3 is 0 Å². The lowest BCUT2D eigenvalue weighted by molar-refractivity contribution is 0.412. The summed E-state index contributed by atoms with van der Waals surface area (Å²) in [5.41, 5.74) is 1.96. The number of benzene rings is 2. The maximum Gasteiger partial charge on any atom is 0.188 e. The van der Waals surface area contributed by atoms with Crippen molar-refractivity contribution < 1.29 is 4.74 Å². The second kappa shape index (κ2) is 5.71. The third-order valence-corrected chi connectivity index (χ3v) is 4.80. The summed E-state index contributed by atoms with van der Waals surface area (Å²) in [4.78, 5) is 4.56. The third-order valence-electron chi connectivity index (χ3n) is 2.75. The van der Waals surface area contributed by atoms with Gasteiger partial charge in [0, 0.05) is 10.2 Å². The molecule has 102 valence electrons. The number of hydrogen-bond donors (Lipinski definition) is 1. The molecule has 2 aromatic carbocycles. The molecule has 0 amide bonds. The molecular formula is C14H10Br2N2OS. The number of rotatable bonds is 3. The first-order valence-corrected chi connectivity index (χ1v) is 8.22. The maximum absolute atomic E-state index is 5.22. The summed E-state index contributed by atoms with van der Waals surface area (Å²) in [6.45, 7) is 0. The highest BCUT2D eigenvalue weighted by Gasteiger charge is 2.06. The predicted octanol–water partition coefficient (Wildman–Crippen LogP) is 5.57. The van der Waals surface area contributed by atoms with Crippen molar-refractivity contribution in [2.24, 2.45) is 0 Å². The van der Waals surface area contributed by atoms with Crippen molar-refractivity contribution in [3.63, 3.8) is 0 Å². The number of ether oxygens (including phenoxy) is 1. The van der Waals surface area contributed by atoms with Gasteiger partial charge in [-0.2, -0.15) is 0 Å². The molecule has 0 spiro atoms. The number of thiazole rings is 1. The molecule has 0 aliphatic rings. The minimum atomic E-state index is 0.809. The summed E-state index contributed by atoms with van der Waals surface area (Å²) in [7, 11) is 1.65. The van der Waals surface area contributed by atoms with Crippen molar-refractivity contribution in [1.29, 1.82) is 0 Å². The minimum Gasteiger partial charge on any atom is -0.496 e. The van der Waals surface area contributed by atoms with Crippen molar-refractivity contribution >= 4 is 64.2 Å². The normalized spacial score (nSPS) is 10.8. The zero-order valence-corrected chi connectivity index (χ0v) is 14.5. The standard InChI is InChI=1S/C14H10Br2N2OS/c1-19-12-5-3-9(7-10(12)16)17-14-18-11-4-2-8(15)6-13(11)20-14/h2-7H,1H3,(H,17,18). The van der Waals surface area contributed by atoms with E-state index < -0.39 is 0 Å². The van der Waals surface area contributed by atoms with E-state index in [1.807, 2.05) is 30.3 Å². The number of anilines is 2. The van der Waals surface area contributed by atoms with Gasteiger partial charge < -0.3 is 10.1 Å². The van der Waals surface area contributed by atoms with Gasteiger partial charge in [-0.25, -0.2) is 4.98 Å². The number of fused-ring (bicyclic) bond motifs is 1. The molecule has 0 aliphatic carbocycles. The molecule has 0 atom stereocenters. The Morgan fingerprint density at radius 1 is 1.15 bits per heavy atom. The molecule has 0 radical (unpaired) electrons. The van der Waals surface area contributed by atoms with Crippen LogP contribution >= 0.6 is 43.2 Å².